The molecule has 2 heterocycles. The Morgan fingerprint density at radius 2 is 1.66 bits per heavy atom. The van der Waals surface area contributed by atoms with E-state index in [1.807, 2.05) is 13.0 Å². The largest absolute Gasteiger partial charge is 0.454 e. The Hall–Kier alpha value is -5.03. The second-order valence-corrected chi connectivity index (χ2v) is 13.6. The maximum Gasteiger partial charge on any atom is 0.339 e. The number of anilines is 1. The summed E-state index contributed by atoms with van der Waals surface area (Å²) in [6.45, 7) is 1.25. The number of Topliss-reactive ketones (excluding diaryl/α,β-unsaturated/α-hetero) is 1. The molecule has 0 spiro atoms. The van der Waals surface area contributed by atoms with Gasteiger partial charge < -0.3 is 4.74 Å². The Balaban J connectivity index is 1.08. The number of carbonyl (C=O) groups is 4. The van der Waals surface area contributed by atoms with E-state index in [9.17, 15) is 29.3 Å². The quantitative estimate of drug-likeness (QED) is 0.0537. The first-order chi connectivity index (χ1) is 22.6. The van der Waals surface area contributed by atoms with Crippen LogP contribution in [0.25, 0.3) is 22.2 Å². The number of allylic oxidation sites excluding steroid dienone is 2. The SMILES string of the molecule is Cc1cc(Br)cc2c(C(=O)OCC(=O)c3cccc([N+](=O)[O-])c3)cc(-c3ccc(N4C(=O)C5C6C=CC(C7CC67)C5C4=O)cc3)nc12. The molecule has 9 rings (SSSR count). The number of ketones is 1. The van der Waals surface area contributed by atoms with Gasteiger partial charge in [-0.1, -0.05) is 52.3 Å². The molecule has 5 aliphatic rings. The van der Waals surface area contributed by atoms with Gasteiger partial charge in [-0.15, -0.1) is 0 Å². The summed E-state index contributed by atoms with van der Waals surface area (Å²) in [6.07, 6.45) is 5.40. The smallest absolute Gasteiger partial charge is 0.339 e. The molecule has 2 bridgehead atoms. The minimum Gasteiger partial charge on any atom is -0.454 e. The van der Waals surface area contributed by atoms with Gasteiger partial charge in [-0.05, 0) is 72.9 Å². The van der Waals surface area contributed by atoms with E-state index in [1.165, 1.54) is 23.1 Å². The van der Waals surface area contributed by atoms with Crippen LogP contribution in [-0.4, -0.2) is 40.1 Å². The average molecular weight is 693 g/mol. The van der Waals surface area contributed by atoms with Crippen LogP contribution in [0.15, 0.2) is 83.4 Å². The first-order valence-corrected chi connectivity index (χ1v) is 16.1. The van der Waals surface area contributed by atoms with Gasteiger partial charge in [0, 0.05) is 33.1 Å². The number of fused-ring (bicyclic) bond motifs is 1. The fourth-order valence-electron chi connectivity index (χ4n) is 7.85. The van der Waals surface area contributed by atoms with Crippen molar-refractivity contribution in [1.29, 1.82) is 0 Å². The molecular formula is C36H26BrN3O7. The first-order valence-electron chi connectivity index (χ1n) is 15.3. The number of rotatable bonds is 7. The number of nitrogens with zero attached hydrogens (tertiary/aromatic N) is 3. The van der Waals surface area contributed by atoms with Crippen LogP contribution in [-0.2, 0) is 14.3 Å². The number of amides is 2. The Morgan fingerprint density at radius 3 is 2.32 bits per heavy atom. The van der Waals surface area contributed by atoms with Gasteiger partial charge in [0.1, 0.15) is 0 Å². The Labute approximate surface area is 276 Å². The van der Waals surface area contributed by atoms with Crippen LogP contribution >= 0.6 is 15.9 Å². The third-order valence-corrected chi connectivity index (χ3v) is 10.5. The molecule has 11 heteroatoms. The van der Waals surface area contributed by atoms with Crippen LogP contribution in [0.5, 0.6) is 0 Å². The maximum atomic E-state index is 13.6. The van der Waals surface area contributed by atoms with Crippen molar-refractivity contribution in [3.05, 3.63) is 110 Å². The lowest BCUT2D eigenvalue weighted by molar-refractivity contribution is -0.384. The van der Waals surface area contributed by atoms with E-state index in [1.54, 1.807) is 36.4 Å². The molecule has 0 radical (unpaired) electrons. The lowest BCUT2D eigenvalue weighted by Crippen LogP contribution is -2.40. The van der Waals surface area contributed by atoms with Crippen molar-refractivity contribution in [3.63, 3.8) is 0 Å². The number of hydrogen-bond acceptors (Lipinski definition) is 8. The fourth-order valence-corrected chi connectivity index (χ4v) is 8.42. The highest BCUT2D eigenvalue weighted by atomic mass is 79.9. The average Bonchev–Trinajstić information content (AvgIpc) is 3.85. The third-order valence-electron chi connectivity index (χ3n) is 10.1. The van der Waals surface area contributed by atoms with Gasteiger partial charge in [0.2, 0.25) is 17.6 Å². The summed E-state index contributed by atoms with van der Waals surface area (Å²) >= 11 is 3.48. The summed E-state index contributed by atoms with van der Waals surface area (Å²) in [6, 6.07) is 17.4. The lowest BCUT2D eigenvalue weighted by Gasteiger charge is -2.37. The number of hydrogen-bond donors (Lipinski definition) is 0. The number of nitro benzene ring substituents is 1. The van der Waals surface area contributed by atoms with Crippen molar-refractivity contribution in [1.82, 2.24) is 4.98 Å². The number of aryl methyl sites for hydroxylation is 1. The number of halogens is 1. The Bertz CT molecular complexity index is 2070. The van der Waals surface area contributed by atoms with Crippen molar-refractivity contribution < 1.29 is 28.8 Å². The summed E-state index contributed by atoms with van der Waals surface area (Å²) in [5.74, 6) is -0.866. The lowest BCUT2D eigenvalue weighted by atomic mass is 9.63. The molecule has 1 aromatic heterocycles. The highest BCUT2D eigenvalue weighted by molar-refractivity contribution is 9.10. The predicted octanol–water partition coefficient (Wildman–Crippen LogP) is 6.48. The number of carbonyl (C=O) groups excluding carboxylic acids is 4. The molecule has 3 aromatic carbocycles. The summed E-state index contributed by atoms with van der Waals surface area (Å²) in [5, 5.41) is 11.6. The minimum absolute atomic E-state index is 0.0564. The molecule has 4 aromatic rings. The van der Waals surface area contributed by atoms with E-state index >= 15 is 0 Å². The molecule has 3 fully saturated rings. The maximum absolute atomic E-state index is 13.6. The van der Waals surface area contributed by atoms with Gasteiger partial charge in [0.05, 0.1) is 39.2 Å². The molecule has 1 saturated heterocycles. The van der Waals surface area contributed by atoms with Crippen molar-refractivity contribution in [3.8, 4) is 11.3 Å². The standard InChI is InChI=1S/C36H26BrN3O7/c1-17-11-20(37)13-27-28(36(44)47-16-30(41)19-3-2-4-22(12-19)40(45)46)15-29(38-33(17)27)18-5-7-21(8-6-18)39-34(42)31-23-9-10-24(26-14-25(23)26)32(31)35(39)43/h2-13,15,23-26,31-32H,14,16H2,1H3. The number of aromatic nitrogens is 1. The van der Waals surface area contributed by atoms with Crippen molar-refractivity contribution in [2.24, 2.45) is 35.5 Å². The zero-order valence-corrected chi connectivity index (χ0v) is 26.5. The van der Waals surface area contributed by atoms with Gasteiger partial charge in [-0.2, -0.15) is 0 Å². The zero-order valence-electron chi connectivity index (χ0n) is 25.0. The highest BCUT2D eigenvalue weighted by Gasteiger charge is 2.67. The van der Waals surface area contributed by atoms with E-state index in [0.29, 0.717) is 39.7 Å². The summed E-state index contributed by atoms with van der Waals surface area (Å²) in [5.41, 5.74) is 2.97. The van der Waals surface area contributed by atoms with Crippen LogP contribution in [0.3, 0.4) is 0 Å². The number of benzene rings is 3. The molecule has 47 heavy (non-hydrogen) atoms. The fraction of sp³-hybridized carbons (Fsp3) is 0.250. The van der Waals surface area contributed by atoms with Crippen molar-refractivity contribution in [2.45, 2.75) is 13.3 Å². The van der Waals surface area contributed by atoms with Crippen LogP contribution in [0.1, 0.15) is 32.7 Å². The number of pyridine rings is 1. The zero-order chi connectivity index (χ0) is 32.7. The molecule has 0 N–H and O–H groups in total. The molecule has 6 atom stereocenters. The number of non-ortho nitro benzene ring substituents is 1. The second kappa shape index (κ2) is 10.8. The molecule has 234 valence electrons. The van der Waals surface area contributed by atoms with E-state index in [4.69, 9.17) is 9.72 Å². The molecule has 6 unspecified atom stereocenters. The molecule has 4 aliphatic carbocycles. The molecular weight excluding hydrogens is 666 g/mol. The predicted molar refractivity (Wildman–Crippen MR) is 175 cm³/mol. The van der Waals surface area contributed by atoms with Crippen LogP contribution in [0, 0.1) is 52.5 Å². The van der Waals surface area contributed by atoms with Gasteiger partial charge in [-0.25, -0.2) is 9.78 Å². The molecule has 10 nitrogen and oxygen atoms in total. The second-order valence-electron chi connectivity index (χ2n) is 12.7. The summed E-state index contributed by atoms with van der Waals surface area (Å²) < 4.78 is 6.15. The topological polar surface area (TPSA) is 137 Å². The Kier molecular flexibility index (Phi) is 6.73. The van der Waals surface area contributed by atoms with Crippen LogP contribution in [0.2, 0.25) is 0 Å². The van der Waals surface area contributed by atoms with Gasteiger partial charge in [0.15, 0.2) is 6.61 Å². The summed E-state index contributed by atoms with van der Waals surface area (Å²) in [7, 11) is 0. The first kappa shape index (κ1) is 29.4. The van der Waals surface area contributed by atoms with E-state index in [-0.39, 0.29) is 52.3 Å². The minimum atomic E-state index is -0.760. The van der Waals surface area contributed by atoms with E-state index in [0.717, 1.165) is 22.5 Å². The van der Waals surface area contributed by atoms with Gasteiger partial charge in [0.25, 0.3) is 5.69 Å². The number of esters is 1. The highest BCUT2D eigenvalue weighted by Crippen LogP contribution is 2.65. The number of imide groups is 1. The van der Waals surface area contributed by atoms with Crippen molar-refractivity contribution >= 4 is 61.8 Å². The van der Waals surface area contributed by atoms with E-state index < -0.39 is 23.3 Å². The van der Waals surface area contributed by atoms with Crippen molar-refractivity contribution in [2.75, 3.05) is 11.5 Å². The summed E-state index contributed by atoms with van der Waals surface area (Å²) in [4.78, 5) is 70.1. The van der Waals surface area contributed by atoms with E-state index in [2.05, 4.69) is 28.1 Å². The molecule has 2 amide bonds. The van der Waals surface area contributed by atoms with Gasteiger partial charge >= 0.3 is 5.97 Å². The molecule has 2 saturated carbocycles. The third kappa shape index (κ3) is 4.71. The number of ether oxygens (including phenoxy) is 1. The van der Waals surface area contributed by atoms with Crippen LogP contribution < -0.4 is 4.90 Å². The monoisotopic (exact) mass is 691 g/mol. The molecule has 1 aliphatic heterocycles. The Morgan fingerprint density at radius 1 is 0.979 bits per heavy atom. The normalized spacial score (nSPS) is 25.1. The van der Waals surface area contributed by atoms with Gasteiger partial charge in [-0.3, -0.25) is 29.4 Å². The number of nitro groups is 1. The van der Waals surface area contributed by atoms with Crippen LogP contribution in [0.4, 0.5) is 11.4 Å².